The van der Waals surface area contributed by atoms with E-state index in [2.05, 4.69) is 0 Å². The molecular weight excluding hydrogens is 308 g/mol. The number of ether oxygens (including phenoxy) is 3. The van der Waals surface area contributed by atoms with Crippen molar-refractivity contribution < 1.29 is 23.8 Å². The number of esters is 1. The quantitative estimate of drug-likeness (QED) is 0.488. The Morgan fingerprint density at radius 2 is 2.00 bits per heavy atom. The molecule has 0 fully saturated rings. The normalized spacial score (nSPS) is 14.2. The third kappa shape index (κ3) is 3.01. The van der Waals surface area contributed by atoms with Crippen LogP contribution in [0.1, 0.15) is 29.3 Å². The Bertz CT molecular complexity index is 835. The molecular formula is C19H16O5. The Morgan fingerprint density at radius 1 is 1.21 bits per heavy atom. The summed E-state index contributed by atoms with van der Waals surface area (Å²) < 4.78 is 16.1. The Kier molecular flexibility index (Phi) is 4.33. The number of hydrogen-bond donors (Lipinski definition) is 0. The van der Waals surface area contributed by atoms with E-state index >= 15 is 0 Å². The minimum Gasteiger partial charge on any atom is -0.496 e. The third-order valence-corrected chi connectivity index (χ3v) is 3.59. The molecule has 5 nitrogen and oxygen atoms in total. The van der Waals surface area contributed by atoms with E-state index in [1.54, 1.807) is 44.4 Å². The van der Waals surface area contributed by atoms with Gasteiger partial charge < -0.3 is 14.2 Å². The SMILES string of the molecule is CCC(=O)Oc1ccc2c(c1)O/C(=C\c1ccccc1OC)C2=O. The zero-order valence-corrected chi connectivity index (χ0v) is 13.4. The monoisotopic (exact) mass is 324 g/mol. The summed E-state index contributed by atoms with van der Waals surface area (Å²) in [5, 5.41) is 0. The number of para-hydroxylation sites is 1. The van der Waals surface area contributed by atoms with Crippen molar-refractivity contribution in [2.75, 3.05) is 7.11 Å². The van der Waals surface area contributed by atoms with Gasteiger partial charge in [-0.15, -0.1) is 0 Å². The van der Waals surface area contributed by atoms with E-state index in [1.807, 2.05) is 18.2 Å². The Hall–Kier alpha value is -3.08. The van der Waals surface area contributed by atoms with Crippen LogP contribution in [0.4, 0.5) is 0 Å². The molecule has 5 heteroatoms. The van der Waals surface area contributed by atoms with E-state index in [0.29, 0.717) is 22.8 Å². The molecule has 0 radical (unpaired) electrons. The molecule has 1 heterocycles. The zero-order chi connectivity index (χ0) is 17.1. The maximum Gasteiger partial charge on any atom is 0.310 e. The molecule has 0 bridgehead atoms. The summed E-state index contributed by atoms with van der Waals surface area (Å²) in [7, 11) is 1.57. The lowest BCUT2D eigenvalue weighted by molar-refractivity contribution is -0.134. The minimum absolute atomic E-state index is 0.202. The average molecular weight is 324 g/mol. The summed E-state index contributed by atoms with van der Waals surface area (Å²) in [5.74, 6) is 1.02. The van der Waals surface area contributed by atoms with Crippen LogP contribution >= 0.6 is 0 Å². The van der Waals surface area contributed by atoms with E-state index in [4.69, 9.17) is 14.2 Å². The molecule has 1 aliphatic heterocycles. The molecule has 0 saturated heterocycles. The molecule has 1 aliphatic rings. The van der Waals surface area contributed by atoms with E-state index in [9.17, 15) is 9.59 Å². The Labute approximate surface area is 139 Å². The van der Waals surface area contributed by atoms with Gasteiger partial charge in [-0.25, -0.2) is 0 Å². The number of methoxy groups -OCH3 is 1. The number of fused-ring (bicyclic) bond motifs is 1. The highest BCUT2D eigenvalue weighted by Gasteiger charge is 2.28. The molecule has 0 atom stereocenters. The number of allylic oxidation sites excluding steroid dienone is 1. The van der Waals surface area contributed by atoms with Crippen LogP contribution in [0.2, 0.25) is 0 Å². The average Bonchev–Trinajstić information content (AvgIpc) is 2.90. The summed E-state index contributed by atoms with van der Waals surface area (Å²) in [6.07, 6.45) is 1.91. The molecule has 0 aliphatic carbocycles. The van der Waals surface area contributed by atoms with Crippen LogP contribution in [0, 0.1) is 0 Å². The summed E-state index contributed by atoms with van der Waals surface area (Å²) >= 11 is 0. The fourth-order valence-corrected chi connectivity index (χ4v) is 2.36. The smallest absolute Gasteiger partial charge is 0.310 e. The number of carbonyl (C=O) groups excluding carboxylic acids is 2. The van der Waals surface area contributed by atoms with Crippen molar-refractivity contribution >= 4 is 17.8 Å². The fourth-order valence-electron chi connectivity index (χ4n) is 2.36. The number of carbonyl (C=O) groups is 2. The highest BCUT2D eigenvalue weighted by Crippen LogP contribution is 2.35. The Morgan fingerprint density at radius 3 is 2.75 bits per heavy atom. The predicted molar refractivity (Wildman–Crippen MR) is 88.3 cm³/mol. The molecule has 0 aromatic heterocycles. The van der Waals surface area contributed by atoms with Crippen molar-refractivity contribution in [1.29, 1.82) is 0 Å². The molecule has 3 rings (SSSR count). The molecule has 0 unspecified atom stereocenters. The van der Waals surface area contributed by atoms with Crippen LogP contribution in [-0.4, -0.2) is 18.9 Å². The van der Waals surface area contributed by atoms with Gasteiger partial charge in [-0.1, -0.05) is 25.1 Å². The number of hydrogen-bond acceptors (Lipinski definition) is 5. The van der Waals surface area contributed by atoms with Crippen LogP contribution in [0.5, 0.6) is 17.2 Å². The van der Waals surface area contributed by atoms with Crippen LogP contribution in [0.15, 0.2) is 48.2 Å². The summed E-state index contributed by atoms with van der Waals surface area (Å²) in [5.41, 5.74) is 1.18. The van der Waals surface area contributed by atoms with E-state index in [0.717, 1.165) is 5.56 Å². The van der Waals surface area contributed by atoms with Crippen LogP contribution < -0.4 is 14.2 Å². The third-order valence-electron chi connectivity index (χ3n) is 3.59. The molecule has 122 valence electrons. The van der Waals surface area contributed by atoms with Crippen molar-refractivity contribution in [2.45, 2.75) is 13.3 Å². The summed E-state index contributed by atoms with van der Waals surface area (Å²) in [4.78, 5) is 23.8. The highest BCUT2D eigenvalue weighted by atomic mass is 16.5. The summed E-state index contributed by atoms with van der Waals surface area (Å²) in [6.45, 7) is 1.71. The lowest BCUT2D eigenvalue weighted by Gasteiger charge is -2.05. The maximum atomic E-state index is 12.4. The molecule has 0 saturated carbocycles. The number of Topliss-reactive ketones (excluding diaryl/α,β-unsaturated/α-hetero) is 1. The van der Waals surface area contributed by atoms with Gasteiger partial charge in [0.1, 0.15) is 17.2 Å². The van der Waals surface area contributed by atoms with Crippen LogP contribution in [0.3, 0.4) is 0 Å². The van der Waals surface area contributed by atoms with Gasteiger partial charge in [0.25, 0.3) is 0 Å². The molecule has 2 aromatic rings. The van der Waals surface area contributed by atoms with Crippen LogP contribution in [-0.2, 0) is 4.79 Å². The van der Waals surface area contributed by atoms with Gasteiger partial charge in [0, 0.05) is 18.1 Å². The first-order valence-electron chi connectivity index (χ1n) is 7.54. The second-order valence-corrected chi connectivity index (χ2v) is 5.17. The first kappa shape index (κ1) is 15.8. The molecule has 0 N–H and O–H groups in total. The highest BCUT2D eigenvalue weighted by molar-refractivity contribution is 6.14. The van der Waals surface area contributed by atoms with Gasteiger partial charge in [0.15, 0.2) is 5.76 Å². The molecule has 0 amide bonds. The van der Waals surface area contributed by atoms with Crippen molar-refractivity contribution in [1.82, 2.24) is 0 Å². The van der Waals surface area contributed by atoms with E-state index < -0.39 is 0 Å². The zero-order valence-electron chi connectivity index (χ0n) is 13.4. The predicted octanol–water partition coefficient (Wildman–Crippen LogP) is 3.63. The van der Waals surface area contributed by atoms with Gasteiger partial charge in [0.05, 0.1) is 12.7 Å². The van der Waals surface area contributed by atoms with Gasteiger partial charge in [-0.2, -0.15) is 0 Å². The molecule has 24 heavy (non-hydrogen) atoms. The first-order chi connectivity index (χ1) is 11.6. The van der Waals surface area contributed by atoms with Crippen molar-refractivity contribution in [3.8, 4) is 17.2 Å². The van der Waals surface area contributed by atoms with Gasteiger partial charge >= 0.3 is 5.97 Å². The summed E-state index contributed by atoms with van der Waals surface area (Å²) in [6, 6.07) is 12.1. The second kappa shape index (κ2) is 6.58. The van der Waals surface area contributed by atoms with Gasteiger partial charge in [-0.3, -0.25) is 9.59 Å². The standard InChI is InChI=1S/C19H16O5/c1-3-18(20)23-13-8-9-14-16(11-13)24-17(19(14)21)10-12-6-4-5-7-15(12)22-2/h4-11H,3H2,1-2H3/b17-10-. The van der Waals surface area contributed by atoms with Gasteiger partial charge in [0.2, 0.25) is 5.78 Å². The first-order valence-corrected chi connectivity index (χ1v) is 7.54. The van der Waals surface area contributed by atoms with Crippen LogP contribution in [0.25, 0.3) is 6.08 Å². The molecule has 0 spiro atoms. The number of benzene rings is 2. The van der Waals surface area contributed by atoms with Crippen molar-refractivity contribution in [2.24, 2.45) is 0 Å². The number of ketones is 1. The van der Waals surface area contributed by atoms with E-state index in [1.165, 1.54) is 0 Å². The maximum absolute atomic E-state index is 12.4. The van der Waals surface area contributed by atoms with Crippen molar-refractivity contribution in [3.63, 3.8) is 0 Å². The number of rotatable bonds is 4. The largest absolute Gasteiger partial charge is 0.496 e. The fraction of sp³-hybridized carbons (Fsp3) is 0.158. The van der Waals surface area contributed by atoms with Crippen molar-refractivity contribution in [3.05, 3.63) is 59.4 Å². The second-order valence-electron chi connectivity index (χ2n) is 5.17. The Balaban J connectivity index is 1.90. The van der Waals surface area contributed by atoms with Gasteiger partial charge in [-0.05, 0) is 24.3 Å². The van der Waals surface area contributed by atoms with E-state index in [-0.39, 0.29) is 23.9 Å². The lowest BCUT2D eigenvalue weighted by Crippen LogP contribution is -2.05. The topological polar surface area (TPSA) is 61.8 Å². The minimum atomic E-state index is -0.343. The lowest BCUT2D eigenvalue weighted by atomic mass is 10.1. The molecule has 2 aromatic carbocycles.